The zero-order chi connectivity index (χ0) is 16.1. The maximum absolute atomic E-state index is 13.8. The Labute approximate surface area is 140 Å². The molecule has 0 amide bonds. The molecule has 1 saturated heterocycles. The largest absolute Gasteiger partial charge is 0.313 e. The van der Waals surface area contributed by atoms with Crippen molar-refractivity contribution in [2.24, 2.45) is 0 Å². The first-order valence-electron chi connectivity index (χ1n) is 8.18. The molecular weight excluding hydrogens is 313 g/mol. The molecule has 3 atom stereocenters. The topological polar surface area (TPSA) is 46.0 Å². The Bertz CT molecular complexity index is 559. The van der Waals surface area contributed by atoms with E-state index in [-0.39, 0.29) is 6.04 Å². The van der Waals surface area contributed by atoms with Crippen LogP contribution in [0.25, 0.3) is 0 Å². The molecule has 2 aromatic heterocycles. The molecule has 7 heteroatoms. The summed E-state index contributed by atoms with van der Waals surface area (Å²) in [6.07, 6.45) is 6.50. The van der Waals surface area contributed by atoms with Gasteiger partial charge in [0.05, 0.1) is 6.54 Å². The second-order valence-electron chi connectivity index (χ2n) is 6.21. The van der Waals surface area contributed by atoms with Crippen molar-refractivity contribution in [1.29, 1.82) is 0 Å². The maximum atomic E-state index is 13.8. The highest BCUT2D eigenvalue weighted by molar-refractivity contribution is 7.09. The van der Waals surface area contributed by atoms with Crippen molar-refractivity contribution >= 4 is 11.3 Å². The van der Waals surface area contributed by atoms with Crippen molar-refractivity contribution in [3.8, 4) is 0 Å². The minimum atomic E-state index is -0.721. The van der Waals surface area contributed by atoms with Crippen LogP contribution in [0.4, 0.5) is 4.39 Å². The van der Waals surface area contributed by atoms with E-state index >= 15 is 0 Å². The van der Waals surface area contributed by atoms with Gasteiger partial charge in [-0.2, -0.15) is 5.10 Å². The molecular formula is C16H24FN5S. The van der Waals surface area contributed by atoms with E-state index < -0.39 is 6.17 Å². The molecule has 126 valence electrons. The predicted molar refractivity (Wildman–Crippen MR) is 90.1 cm³/mol. The van der Waals surface area contributed by atoms with Crippen LogP contribution in [-0.2, 0) is 13.1 Å². The van der Waals surface area contributed by atoms with Crippen molar-refractivity contribution in [3.63, 3.8) is 0 Å². The molecule has 0 aromatic carbocycles. The Morgan fingerprint density at radius 1 is 1.48 bits per heavy atom. The van der Waals surface area contributed by atoms with E-state index in [1.54, 1.807) is 17.5 Å². The van der Waals surface area contributed by atoms with Crippen LogP contribution in [0.3, 0.4) is 0 Å². The van der Waals surface area contributed by atoms with Crippen molar-refractivity contribution in [2.75, 3.05) is 13.1 Å². The molecule has 1 aliphatic heterocycles. The van der Waals surface area contributed by atoms with Gasteiger partial charge in [-0.25, -0.2) is 9.37 Å². The van der Waals surface area contributed by atoms with E-state index in [2.05, 4.69) is 27.2 Å². The summed E-state index contributed by atoms with van der Waals surface area (Å²) >= 11 is 1.64. The number of rotatable bonds is 8. The molecule has 5 nitrogen and oxygen atoms in total. The lowest BCUT2D eigenvalue weighted by atomic mass is 10.1. The van der Waals surface area contributed by atoms with Crippen LogP contribution in [0.1, 0.15) is 24.8 Å². The van der Waals surface area contributed by atoms with Crippen LogP contribution in [0.5, 0.6) is 0 Å². The molecule has 1 aliphatic rings. The summed E-state index contributed by atoms with van der Waals surface area (Å²) in [7, 11) is 0. The molecule has 3 heterocycles. The zero-order valence-corrected chi connectivity index (χ0v) is 14.3. The van der Waals surface area contributed by atoms with Gasteiger partial charge in [-0.15, -0.1) is 11.3 Å². The highest BCUT2D eigenvalue weighted by Crippen LogP contribution is 2.23. The third-order valence-corrected chi connectivity index (χ3v) is 5.12. The molecule has 3 rings (SSSR count). The van der Waals surface area contributed by atoms with Gasteiger partial charge < -0.3 is 5.32 Å². The molecule has 0 bridgehead atoms. The maximum Gasteiger partial charge on any atom is 0.114 e. The molecule has 0 unspecified atom stereocenters. The van der Waals surface area contributed by atoms with Crippen LogP contribution in [0, 0.1) is 0 Å². The number of halogens is 1. The molecule has 0 radical (unpaired) electrons. The highest BCUT2D eigenvalue weighted by Gasteiger charge is 2.32. The van der Waals surface area contributed by atoms with Gasteiger partial charge >= 0.3 is 0 Å². The fourth-order valence-corrected chi connectivity index (χ4v) is 3.67. The lowest BCUT2D eigenvalue weighted by Gasteiger charge is -2.25. The summed E-state index contributed by atoms with van der Waals surface area (Å²) in [6.45, 7) is 5.18. The van der Waals surface area contributed by atoms with E-state index in [1.165, 1.54) is 0 Å². The molecule has 1 fully saturated rings. The Kier molecular flexibility index (Phi) is 5.75. The van der Waals surface area contributed by atoms with Crippen molar-refractivity contribution < 1.29 is 4.39 Å². The summed E-state index contributed by atoms with van der Waals surface area (Å²) in [6, 6.07) is 2.58. The van der Waals surface area contributed by atoms with Gasteiger partial charge in [0.25, 0.3) is 0 Å². The SMILES string of the molecule is C[C@@H](CCn1cccn1)NC[C@@H]1C[C@H](F)CN1Cc1nccs1. The van der Waals surface area contributed by atoms with Crippen LogP contribution in [-0.4, -0.2) is 51.0 Å². The predicted octanol–water partition coefficient (Wildman–Crippen LogP) is 2.32. The molecule has 0 aliphatic carbocycles. The van der Waals surface area contributed by atoms with Crippen LogP contribution < -0.4 is 5.32 Å². The van der Waals surface area contributed by atoms with Gasteiger partial charge in [-0.1, -0.05) is 0 Å². The van der Waals surface area contributed by atoms with Crippen LogP contribution in [0.2, 0.25) is 0 Å². The second kappa shape index (κ2) is 7.99. The number of nitrogens with one attached hydrogen (secondary N) is 1. The lowest BCUT2D eigenvalue weighted by Crippen LogP contribution is -2.41. The first-order valence-corrected chi connectivity index (χ1v) is 9.06. The number of hydrogen-bond acceptors (Lipinski definition) is 5. The van der Waals surface area contributed by atoms with E-state index in [0.29, 0.717) is 19.0 Å². The van der Waals surface area contributed by atoms with Gasteiger partial charge in [0.1, 0.15) is 11.2 Å². The van der Waals surface area contributed by atoms with Gasteiger partial charge in [-0.3, -0.25) is 9.58 Å². The Hall–Kier alpha value is -1.31. The normalized spacial score (nSPS) is 23.4. The fourth-order valence-electron chi connectivity index (χ4n) is 3.03. The van der Waals surface area contributed by atoms with E-state index in [1.807, 2.05) is 28.5 Å². The third kappa shape index (κ3) is 4.83. The summed E-state index contributed by atoms with van der Waals surface area (Å²) < 4.78 is 15.8. The third-order valence-electron chi connectivity index (χ3n) is 4.35. The quantitative estimate of drug-likeness (QED) is 0.803. The number of hydrogen-bond donors (Lipinski definition) is 1. The summed E-state index contributed by atoms with van der Waals surface area (Å²) in [5.41, 5.74) is 0. The Morgan fingerprint density at radius 2 is 2.39 bits per heavy atom. The fraction of sp³-hybridized carbons (Fsp3) is 0.625. The highest BCUT2D eigenvalue weighted by atomic mass is 32.1. The standard InChI is InChI=1S/C16H24FN5S/c1-13(3-7-22-6-2-4-20-22)19-10-15-9-14(17)11-21(15)12-16-18-5-8-23-16/h2,4-6,8,13-15,19H,3,7,9-12H2,1H3/t13-,14-,15-/m0/s1. The second-order valence-corrected chi connectivity index (χ2v) is 7.19. The lowest BCUT2D eigenvalue weighted by molar-refractivity contribution is 0.225. The van der Waals surface area contributed by atoms with E-state index in [9.17, 15) is 4.39 Å². The molecule has 1 N–H and O–H groups in total. The van der Waals surface area contributed by atoms with Gasteiger partial charge in [0, 0.05) is 55.7 Å². The minimum Gasteiger partial charge on any atom is -0.313 e. The Balaban J connectivity index is 1.43. The summed E-state index contributed by atoms with van der Waals surface area (Å²) in [5, 5.41) is 10.8. The monoisotopic (exact) mass is 337 g/mol. The van der Waals surface area contributed by atoms with E-state index in [4.69, 9.17) is 0 Å². The molecule has 0 saturated carbocycles. The van der Waals surface area contributed by atoms with Crippen LogP contribution >= 0.6 is 11.3 Å². The van der Waals surface area contributed by atoms with E-state index in [0.717, 1.165) is 31.1 Å². The van der Waals surface area contributed by atoms with Crippen molar-refractivity contribution in [3.05, 3.63) is 35.0 Å². The number of aryl methyl sites for hydroxylation is 1. The molecule has 2 aromatic rings. The van der Waals surface area contributed by atoms with Gasteiger partial charge in [0.15, 0.2) is 0 Å². The zero-order valence-electron chi connectivity index (χ0n) is 13.4. The first kappa shape index (κ1) is 16.5. The number of thiazole rings is 1. The number of likely N-dealkylation sites (tertiary alicyclic amines) is 1. The van der Waals surface area contributed by atoms with Gasteiger partial charge in [-0.05, 0) is 25.8 Å². The molecule has 0 spiro atoms. The number of nitrogens with zero attached hydrogens (tertiary/aromatic N) is 4. The number of aromatic nitrogens is 3. The van der Waals surface area contributed by atoms with Crippen LogP contribution in [0.15, 0.2) is 30.0 Å². The first-order chi connectivity index (χ1) is 11.2. The summed E-state index contributed by atoms with van der Waals surface area (Å²) in [4.78, 5) is 6.54. The van der Waals surface area contributed by atoms with Gasteiger partial charge in [0.2, 0.25) is 0 Å². The number of alkyl halides is 1. The smallest absolute Gasteiger partial charge is 0.114 e. The summed E-state index contributed by atoms with van der Waals surface area (Å²) in [5.74, 6) is 0. The van der Waals surface area contributed by atoms with Crippen molar-refractivity contribution in [1.82, 2.24) is 25.0 Å². The minimum absolute atomic E-state index is 0.251. The Morgan fingerprint density at radius 3 is 3.13 bits per heavy atom. The van der Waals surface area contributed by atoms with Crippen molar-refractivity contribution in [2.45, 2.75) is 51.1 Å². The average Bonchev–Trinajstić information content (AvgIpc) is 3.26. The molecule has 23 heavy (non-hydrogen) atoms. The average molecular weight is 337 g/mol.